The van der Waals surface area contributed by atoms with Crippen molar-refractivity contribution in [1.82, 2.24) is 0 Å². The number of amides is 1. The van der Waals surface area contributed by atoms with Crippen LogP contribution >= 0.6 is 0 Å². The minimum atomic E-state index is -5.08. The molecular weight excluding hydrogens is 420 g/mol. The summed E-state index contributed by atoms with van der Waals surface area (Å²) < 4.78 is 63.5. The van der Waals surface area contributed by atoms with Gasteiger partial charge in [0.25, 0.3) is 0 Å². The first-order valence-corrected chi connectivity index (χ1v) is 6.64. The Bertz CT molecular complexity index is 765. The number of phenolic OH excluding ortho intramolecular Hbond substituents is 1. The molecule has 0 spiro atoms. The number of halogens is 6. The van der Waals surface area contributed by atoms with E-state index < -0.39 is 30.2 Å². The van der Waals surface area contributed by atoms with Crippen molar-refractivity contribution in [1.29, 1.82) is 5.41 Å². The second-order valence-electron chi connectivity index (χ2n) is 4.53. The molecule has 1 amide bonds. The monoisotopic (exact) mass is 433 g/mol. The van der Waals surface area contributed by atoms with E-state index in [-0.39, 0.29) is 11.6 Å². The lowest BCUT2D eigenvalue weighted by molar-refractivity contribution is -0.193. The minimum absolute atomic E-state index is 0.00231. The van der Waals surface area contributed by atoms with Crippen LogP contribution < -0.4 is 11.5 Å². The van der Waals surface area contributed by atoms with E-state index in [1.54, 1.807) is 0 Å². The van der Waals surface area contributed by atoms with Crippen molar-refractivity contribution >= 4 is 29.8 Å². The summed E-state index contributed by atoms with van der Waals surface area (Å²) in [6.07, 6.45) is -7.68. The lowest BCUT2D eigenvalue weighted by atomic mass is 10.1. The van der Waals surface area contributed by atoms with Crippen LogP contribution in [0, 0.1) is 5.41 Å². The number of rotatable bonds is 3. The van der Waals surface area contributed by atoms with Crippen LogP contribution in [0.4, 0.5) is 26.3 Å². The highest BCUT2D eigenvalue weighted by Crippen LogP contribution is 2.19. The standard InChI is InChI=1S/C10H11N3O2.2C2HF3O2/c11-9(15)4-2-6-5-7(10(12)13)1-3-8(6)14;2*3-2(4,5)1(6)7/h1-5,14H,(H2,11,15)(H3,12,13);2*(H,6,7). The maximum atomic E-state index is 10.6. The molecule has 1 rings (SSSR count). The van der Waals surface area contributed by atoms with Crippen molar-refractivity contribution in [2.75, 3.05) is 0 Å². The molecule has 0 aliphatic heterocycles. The first-order valence-electron chi connectivity index (χ1n) is 6.64. The van der Waals surface area contributed by atoms with Gasteiger partial charge in [0.05, 0.1) is 0 Å². The number of carbonyl (C=O) groups excluding carboxylic acids is 1. The molecule has 0 fully saturated rings. The second-order valence-corrected chi connectivity index (χ2v) is 4.53. The van der Waals surface area contributed by atoms with Crippen LogP contribution in [0.25, 0.3) is 6.08 Å². The zero-order chi connectivity index (χ0) is 23.6. The smallest absolute Gasteiger partial charge is 0.490 e. The molecule has 0 unspecified atom stereocenters. The number of hydrogen-bond donors (Lipinski definition) is 6. The number of nitrogen functional groups attached to an aromatic ring is 1. The molecule has 0 bridgehead atoms. The van der Waals surface area contributed by atoms with E-state index in [4.69, 9.17) is 36.7 Å². The maximum absolute atomic E-state index is 10.6. The lowest BCUT2D eigenvalue weighted by Crippen LogP contribution is -2.21. The molecule has 0 saturated carbocycles. The number of amidine groups is 1. The molecular formula is C14H13F6N3O6. The summed E-state index contributed by atoms with van der Waals surface area (Å²) in [5, 5.41) is 30.9. The Balaban J connectivity index is 0. The van der Waals surface area contributed by atoms with E-state index in [9.17, 15) is 36.2 Å². The number of aliphatic carboxylic acids is 2. The quantitative estimate of drug-likeness (QED) is 0.180. The number of nitrogens with one attached hydrogen (secondary N) is 1. The molecule has 8 N–H and O–H groups in total. The fourth-order valence-electron chi connectivity index (χ4n) is 1.03. The van der Waals surface area contributed by atoms with Crippen LogP contribution in [0.1, 0.15) is 11.1 Å². The Morgan fingerprint density at radius 2 is 1.31 bits per heavy atom. The van der Waals surface area contributed by atoms with Gasteiger partial charge in [-0.2, -0.15) is 26.3 Å². The third-order valence-corrected chi connectivity index (χ3v) is 2.25. The van der Waals surface area contributed by atoms with Gasteiger partial charge in [-0.25, -0.2) is 9.59 Å². The molecule has 1 aromatic carbocycles. The average Bonchev–Trinajstić information content (AvgIpc) is 2.53. The predicted molar refractivity (Wildman–Crippen MR) is 84.7 cm³/mol. The van der Waals surface area contributed by atoms with E-state index in [1.165, 1.54) is 24.3 Å². The zero-order valence-corrected chi connectivity index (χ0v) is 13.9. The van der Waals surface area contributed by atoms with Gasteiger partial charge in [0.1, 0.15) is 11.6 Å². The van der Waals surface area contributed by atoms with Gasteiger partial charge in [0, 0.05) is 17.2 Å². The summed E-state index contributed by atoms with van der Waals surface area (Å²) in [4.78, 5) is 28.3. The number of alkyl halides is 6. The number of nitrogens with two attached hydrogens (primary N) is 2. The van der Waals surface area contributed by atoms with Crippen molar-refractivity contribution < 1.29 is 56.0 Å². The highest BCUT2D eigenvalue weighted by Gasteiger charge is 2.38. The number of primary amides is 1. The highest BCUT2D eigenvalue weighted by atomic mass is 19.4. The van der Waals surface area contributed by atoms with Crippen LogP contribution in [-0.4, -0.2) is 51.4 Å². The molecule has 0 radical (unpaired) electrons. The number of aromatic hydroxyl groups is 1. The first kappa shape index (κ1) is 27.4. The van der Waals surface area contributed by atoms with E-state index in [0.29, 0.717) is 11.1 Å². The summed E-state index contributed by atoms with van der Waals surface area (Å²) in [7, 11) is 0. The molecule has 29 heavy (non-hydrogen) atoms. The molecule has 0 aliphatic rings. The molecule has 9 nitrogen and oxygen atoms in total. The molecule has 0 aliphatic carbocycles. The fraction of sp³-hybridized carbons (Fsp3) is 0.143. The van der Waals surface area contributed by atoms with Gasteiger partial charge < -0.3 is 26.8 Å². The number of carbonyl (C=O) groups is 3. The average molecular weight is 433 g/mol. The summed E-state index contributed by atoms with van der Waals surface area (Å²) in [5.41, 5.74) is 11.0. The van der Waals surface area contributed by atoms with Gasteiger partial charge in [-0.15, -0.1) is 0 Å². The summed E-state index contributed by atoms with van der Waals surface area (Å²) >= 11 is 0. The number of benzene rings is 1. The minimum Gasteiger partial charge on any atom is -0.507 e. The zero-order valence-electron chi connectivity index (χ0n) is 13.9. The van der Waals surface area contributed by atoms with Crippen LogP contribution in [0.2, 0.25) is 0 Å². The van der Waals surface area contributed by atoms with E-state index in [0.717, 1.165) is 6.08 Å². The molecule has 162 valence electrons. The second kappa shape index (κ2) is 11.2. The van der Waals surface area contributed by atoms with Gasteiger partial charge in [0.2, 0.25) is 5.91 Å². The van der Waals surface area contributed by atoms with E-state index in [2.05, 4.69) is 0 Å². The van der Waals surface area contributed by atoms with E-state index in [1.807, 2.05) is 0 Å². The predicted octanol–water partition coefficient (Wildman–Crippen LogP) is 1.44. The van der Waals surface area contributed by atoms with Gasteiger partial charge in [-0.05, 0) is 24.3 Å². The molecule has 1 aromatic rings. The van der Waals surface area contributed by atoms with Crippen molar-refractivity contribution in [2.45, 2.75) is 12.4 Å². The van der Waals surface area contributed by atoms with Crippen molar-refractivity contribution in [3.05, 3.63) is 35.4 Å². The van der Waals surface area contributed by atoms with Crippen molar-refractivity contribution in [2.24, 2.45) is 11.5 Å². The van der Waals surface area contributed by atoms with Crippen molar-refractivity contribution in [3.63, 3.8) is 0 Å². The SMILES string of the molecule is N=C(N)c1ccc(O)c(C=CC(N)=O)c1.O=C(O)C(F)(F)F.O=C(O)C(F)(F)F. The number of phenols is 1. The third kappa shape index (κ3) is 13.1. The van der Waals surface area contributed by atoms with Crippen LogP contribution in [0.5, 0.6) is 5.75 Å². The van der Waals surface area contributed by atoms with Gasteiger partial charge >= 0.3 is 24.3 Å². The van der Waals surface area contributed by atoms with Gasteiger partial charge in [-0.3, -0.25) is 10.2 Å². The van der Waals surface area contributed by atoms with Gasteiger partial charge in [-0.1, -0.05) is 0 Å². The Hall–Kier alpha value is -3.78. The normalized spacial score (nSPS) is 10.8. The molecule has 0 aromatic heterocycles. The molecule has 15 heteroatoms. The topological polar surface area (TPSA) is 188 Å². The first-order chi connectivity index (χ1) is 12.9. The Morgan fingerprint density at radius 3 is 1.59 bits per heavy atom. The Kier molecular flexibility index (Phi) is 10.6. The van der Waals surface area contributed by atoms with Crippen molar-refractivity contribution in [3.8, 4) is 5.75 Å². The summed E-state index contributed by atoms with van der Waals surface area (Å²) in [6, 6.07) is 4.41. The summed E-state index contributed by atoms with van der Waals surface area (Å²) in [5.74, 6) is -6.23. The Morgan fingerprint density at radius 1 is 0.931 bits per heavy atom. The fourth-order valence-corrected chi connectivity index (χ4v) is 1.03. The van der Waals surface area contributed by atoms with Crippen LogP contribution in [-0.2, 0) is 14.4 Å². The molecule has 0 atom stereocenters. The highest BCUT2D eigenvalue weighted by molar-refractivity contribution is 5.96. The third-order valence-electron chi connectivity index (χ3n) is 2.25. The van der Waals surface area contributed by atoms with Crippen LogP contribution in [0.15, 0.2) is 24.3 Å². The number of carboxylic acid groups (broad SMARTS) is 2. The van der Waals surface area contributed by atoms with E-state index >= 15 is 0 Å². The lowest BCUT2D eigenvalue weighted by Gasteiger charge is -2.02. The molecule has 0 heterocycles. The summed E-state index contributed by atoms with van der Waals surface area (Å²) in [6.45, 7) is 0. The van der Waals surface area contributed by atoms with Gasteiger partial charge in [0.15, 0.2) is 0 Å². The molecule has 0 saturated heterocycles. The largest absolute Gasteiger partial charge is 0.507 e. The number of carboxylic acids is 2. The Labute approximate surface area is 157 Å². The van der Waals surface area contributed by atoms with Crippen LogP contribution in [0.3, 0.4) is 0 Å². The number of hydrogen-bond acceptors (Lipinski definition) is 5. The maximum Gasteiger partial charge on any atom is 0.490 e.